The van der Waals surface area contributed by atoms with Crippen molar-refractivity contribution in [2.45, 2.75) is 26.1 Å². The van der Waals surface area contributed by atoms with Crippen LogP contribution in [0.4, 0.5) is 0 Å². The SMILES string of the molecule is C=CCc1ccccc1OC(O)CC. The van der Waals surface area contributed by atoms with Gasteiger partial charge in [0.05, 0.1) is 0 Å². The van der Waals surface area contributed by atoms with Gasteiger partial charge in [-0.05, 0) is 18.1 Å². The van der Waals surface area contributed by atoms with Gasteiger partial charge in [-0.25, -0.2) is 0 Å². The van der Waals surface area contributed by atoms with Crippen molar-refractivity contribution in [3.63, 3.8) is 0 Å². The molecule has 1 unspecified atom stereocenters. The largest absolute Gasteiger partial charge is 0.465 e. The molecule has 0 heterocycles. The van der Waals surface area contributed by atoms with E-state index >= 15 is 0 Å². The number of ether oxygens (including phenoxy) is 1. The molecule has 0 fully saturated rings. The average Bonchev–Trinajstić information content (AvgIpc) is 2.21. The molecular formula is C12H16O2. The Morgan fingerprint density at radius 2 is 2.21 bits per heavy atom. The third-order valence-corrected chi connectivity index (χ3v) is 1.95. The van der Waals surface area contributed by atoms with Gasteiger partial charge in [0.25, 0.3) is 0 Å². The number of rotatable bonds is 5. The summed E-state index contributed by atoms with van der Waals surface area (Å²) < 4.78 is 5.35. The van der Waals surface area contributed by atoms with E-state index in [-0.39, 0.29) is 0 Å². The molecule has 0 aliphatic rings. The van der Waals surface area contributed by atoms with E-state index in [4.69, 9.17) is 4.74 Å². The monoisotopic (exact) mass is 192 g/mol. The molecule has 1 atom stereocenters. The number of para-hydroxylation sites is 1. The van der Waals surface area contributed by atoms with Gasteiger partial charge in [-0.3, -0.25) is 0 Å². The highest BCUT2D eigenvalue weighted by atomic mass is 16.6. The van der Waals surface area contributed by atoms with Gasteiger partial charge in [-0.1, -0.05) is 31.2 Å². The van der Waals surface area contributed by atoms with Crippen LogP contribution in [0, 0.1) is 0 Å². The molecule has 1 N–H and O–H groups in total. The molecule has 2 heteroatoms. The highest BCUT2D eigenvalue weighted by molar-refractivity contribution is 5.34. The first-order valence-corrected chi connectivity index (χ1v) is 4.81. The first-order chi connectivity index (χ1) is 6.77. The molecule has 0 aliphatic heterocycles. The van der Waals surface area contributed by atoms with E-state index in [1.165, 1.54) is 0 Å². The first-order valence-electron chi connectivity index (χ1n) is 4.81. The molecule has 0 spiro atoms. The van der Waals surface area contributed by atoms with Crippen LogP contribution < -0.4 is 4.74 Å². The van der Waals surface area contributed by atoms with Crippen molar-refractivity contribution >= 4 is 0 Å². The molecule has 0 aromatic heterocycles. The van der Waals surface area contributed by atoms with E-state index < -0.39 is 6.29 Å². The van der Waals surface area contributed by atoms with Gasteiger partial charge in [0, 0.05) is 6.42 Å². The lowest BCUT2D eigenvalue weighted by atomic mass is 10.1. The number of allylic oxidation sites excluding steroid dienone is 1. The second-order valence-electron chi connectivity index (χ2n) is 3.08. The average molecular weight is 192 g/mol. The Morgan fingerprint density at radius 3 is 2.86 bits per heavy atom. The standard InChI is InChI=1S/C12H16O2/c1-3-7-10-8-5-6-9-11(10)14-12(13)4-2/h3,5-6,8-9,12-13H,1,4,7H2,2H3. The van der Waals surface area contributed by atoms with E-state index in [0.29, 0.717) is 6.42 Å². The predicted octanol–water partition coefficient (Wildman–Crippen LogP) is 2.52. The van der Waals surface area contributed by atoms with E-state index in [1.807, 2.05) is 37.3 Å². The highest BCUT2D eigenvalue weighted by Crippen LogP contribution is 2.20. The van der Waals surface area contributed by atoms with Gasteiger partial charge in [0.1, 0.15) is 5.75 Å². The highest BCUT2D eigenvalue weighted by Gasteiger charge is 2.05. The third kappa shape index (κ3) is 2.89. The second kappa shape index (κ2) is 5.45. The summed E-state index contributed by atoms with van der Waals surface area (Å²) in [6.45, 7) is 5.55. The summed E-state index contributed by atoms with van der Waals surface area (Å²) in [7, 11) is 0. The van der Waals surface area contributed by atoms with Crippen molar-refractivity contribution in [2.75, 3.05) is 0 Å². The zero-order valence-corrected chi connectivity index (χ0v) is 8.44. The predicted molar refractivity (Wildman–Crippen MR) is 57.3 cm³/mol. The van der Waals surface area contributed by atoms with Crippen molar-refractivity contribution in [2.24, 2.45) is 0 Å². The molecule has 2 nitrogen and oxygen atoms in total. The Hall–Kier alpha value is -1.28. The maximum absolute atomic E-state index is 9.36. The van der Waals surface area contributed by atoms with Crippen molar-refractivity contribution in [3.05, 3.63) is 42.5 Å². The minimum Gasteiger partial charge on any atom is -0.465 e. The summed E-state index contributed by atoms with van der Waals surface area (Å²) in [5.41, 5.74) is 1.05. The number of benzene rings is 1. The van der Waals surface area contributed by atoms with Crippen LogP contribution in [0.5, 0.6) is 5.75 Å². The Morgan fingerprint density at radius 1 is 1.50 bits per heavy atom. The lowest BCUT2D eigenvalue weighted by Crippen LogP contribution is -2.14. The molecule has 14 heavy (non-hydrogen) atoms. The maximum Gasteiger partial charge on any atom is 0.197 e. The maximum atomic E-state index is 9.36. The smallest absolute Gasteiger partial charge is 0.197 e. The summed E-state index contributed by atoms with van der Waals surface area (Å²) >= 11 is 0. The third-order valence-electron chi connectivity index (χ3n) is 1.95. The summed E-state index contributed by atoms with van der Waals surface area (Å²) in [6, 6.07) is 7.67. The van der Waals surface area contributed by atoms with Crippen molar-refractivity contribution in [3.8, 4) is 5.75 Å². The molecule has 0 bridgehead atoms. The van der Waals surface area contributed by atoms with Crippen LogP contribution in [0.15, 0.2) is 36.9 Å². The van der Waals surface area contributed by atoms with Crippen LogP contribution in [-0.4, -0.2) is 11.4 Å². The summed E-state index contributed by atoms with van der Waals surface area (Å²) in [6.07, 6.45) is 2.44. The molecule has 1 aromatic rings. The van der Waals surface area contributed by atoms with Crippen LogP contribution in [0.1, 0.15) is 18.9 Å². The van der Waals surface area contributed by atoms with Gasteiger partial charge >= 0.3 is 0 Å². The molecule has 1 aromatic carbocycles. The summed E-state index contributed by atoms with van der Waals surface area (Å²) in [4.78, 5) is 0. The van der Waals surface area contributed by atoms with Crippen LogP contribution in [-0.2, 0) is 6.42 Å². The van der Waals surface area contributed by atoms with Gasteiger partial charge < -0.3 is 9.84 Å². The van der Waals surface area contributed by atoms with E-state index in [1.54, 1.807) is 0 Å². The normalized spacial score (nSPS) is 12.1. The second-order valence-corrected chi connectivity index (χ2v) is 3.08. The van der Waals surface area contributed by atoms with Crippen molar-refractivity contribution in [1.29, 1.82) is 0 Å². The quantitative estimate of drug-likeness (QED) is 0.573. The van der Waals surface area contributed by atoms with Gasteiger partial charge in [0.15, 0.2) is 6.29 Å². The molecule has 0 saturated carbocycles. The summed E-state index contributed by atoms with van der Waals surface area (Å²) in [5, 5.41) is 9.36. The van der Waals surface area contributed by atoms with Crippen LogP contribution in [0.25, 0.3) is 0 Å². The van der Waals surface area contributed by atoms with Gasteiger partial charge in [-0.2, -0.15) is 0 Å². The van der Waals surface area contributed by atoms with Crippen LogP contribution in [0.2, 0.25) is 0 Å². The number of aliphatic hydroxyl groups is 1. The molecular weight excluding hydrogens is 176 g/mol. The number of hydrogen-bond donors (Lipinski definition) is 1. The topological polar surface area (TPSA) is 29.5 Å². The fourth-order valence-electron chi connectivity index (χ4n) is 1.17. The fraction of sp³-hybridized carbons (Fsp3) is 0.333. The molecule has 0 aliphatic carbocycles. The zero-order chi connectivity index (χ0) is 10.4. The van der Waals surface area contributed by atoms with Gasteiger partial charge in [-0.15, -0.1) is 6.58 Å². The first kappa shape index (κ1) is 10.8. The Bertz CT molecular complexity index is 294. The summed E-state index contributed by atoms with van der Waals surface area (Å²) in [5.74, 6) is 0.738. The van der Waals surface area contributed by atoms with Crippen molar-refractivity contribution < 1.29 is 9.84 Å². The van der Waals surface area contributed by atoms with Gasteiger partial charge in [0.2, 0.25) is 0 Å². The number of aliphatic hydroxyl groups excluding tert-OH is 1. The minimum atomic E-state index is -0.721. The molecule has 76 valence electrons. The Balaban J connectivity index is 2.78. The lowest BCUT2D eigenvalue weighted by molar-refractivity contribution is -0.0196. The molecule has 1 rings (SSSR count). The van der Waals surface area contributed by atoms with E-state index in [9.17, 15) is 5.11 Å². The minimum absolute atomic E-state index is 0.586. The Kier molecular flexibility index (Phi) is 4.20. The number of hydrogen-bond acceptors (Lipinski definition) is 2. The molecule has 0 saturated heterocycles. The lowest BCUT2D eigenvalue weighted by Gasteiger charge is -2.14. The molecule has 0 amide bonds. The van der Waals surface area contributed by atoms with E-state index in [2.05, 4.69) is 6.58 Å². The fourth-order valence-corrected chi connectivity index (χ4v) is 1.17. The van der Waals surface area contributed by atoms with E-state index in [0.717, 1.165) is 17.7 Å². The van der Waals surface area contributed by atoms with Crippen LogP contribution >= 0.6 is 0 Å². The zero-order valence-electron chi connectivity index (χ0n) is 8.44. The van der Waals surface area contributed by atoms with Crippen LogP contribution in [0.3, 0.4) is 0 Å². The molecule has 0 radical (unpaired) electrons. The Labute approximate surface area is 84.8 Å². The van der Waals surface area contributed by atoms with Crippen molar-refractivity contribution in [1.82, 2.24) is 0 Å².